The van der Waals surface area contributed by atoms with Crippen molar-refractivity contribution in [2.75, 3.05) is 27.4 Å². The van der Waals surface area contributed by atoms with Crippen molar-refractivity contribution >= 4 is 29.8 Å². The molecule has 0 heterocycles. The van der Waals surface area contributed by atoms with Gasteiger partial charge in [-0.3, -0.25) is 0 Å². The quantitative estimate of drug-likeness (QED) is 0.0648. The standard InChI is InChI=1S/C19H30O2.2C16H26O2.2C15H24O3/c1-5-19(21-18(20)12(2)3)11-13(4)8-17(19)16-10-14-6-7-15(16)9-14;1-7-16(18-13(17)11(2)3)10-12-8-9-15(16,6)14(12,4)5;1-7-16(18-13(17)11(2)3)14(4,5)12-8-9-15(16,6)10-12;1-5-15(18-13(16)11(2)3)9-12-6-7-14(15,8-12)10-17-4;1-5-15(18-14(16)10(2)3)8-11-6-7-13(15)12(11)9-17-4/h13-17H,2,5-11H2,1,3-4H3;2*12H,2,7-10H2,1,3-6H3;12H,2,5-10H2,1,3-4H3;11-13H,2,5-9H2,1,3-4H3. The number of methoxy groups -OCH3 is 2. The summed E-state index contributed by atoms with van der Waals surface area (Å²) in [6.45, 7) is 55.6. The predicted octanol–water partition coefficient (Wildman–Crippen LogP) is 19.0. The lowest BCUT2D eigenvalue weighted by Gasteiger charge is -2.53. The molecule has 12 heteroatoms. The zero-order valence-corrected chi connectivity index (χ0v) is 62.2. The van der Waals surface area contributed by atoms with E-state index in [0.717, 1.165) is 101 Å². The molecule has 10 bridgehead atoms. The summed E-state index contributed by atoms with van der Waals surface area (Å²) in [5, 5.41) is 0. The Hall–Kier alpha value is -4.03. The van der Waals surface area contributed by atoms with E-state index in [1.807, 2.05) is 0 Å². The molecule has 11 rings (SSSR count). The van der Waals surface area contributed by atoms with E-state index in [0.29, 0.717) is 81.8 Å². The van der Waals surface area contributed by atoms with E-state index < -0.39 is 0 Å². The normalized spacial score (nSPS) is 40.6. The smallest absolute Gasteiger partial charge is 0.333 e. The Morgan fingerprint density at radius 1 is 0.441 bits per heavy atom. The summed E-state index contributed by atoms with van der Waals surface area (Å²) >= 11 is 0. The zero-order valence-electron chi connectivity index (χ0n) is 62.2. The van der Waals surface area contributed by atoms with Crippen LogP contribution in [0.2, 0.25) is 0 Å². The van der Waals surface area contributed by atoms with Gasteiger partial charge in [-0.25, -0.2) is 24.0 Å². The van der Waals surface area contributed by atoms with Gasteiger partial charge in [0.25, 0.3) is 0 Å². The fourth-order valence-electron chi connectivity index (χ4n) is 22.9. The number of ether oxygens (including phenoxy) is 7. The first kappa shape index (κ1) is 76.3. The second-order valence-electron chi connectivity index (χ2n) is 34.1. The molecule has 0 N–H and O–H groups in total. The molecular weight excluding hydrogens is 1160 g/mol. The van der Waals surface area contributed by atoms with Gasteiger partial charge in [0, 0.05) is 82.2 Å². The molecule has 93 heavy (non-hydrogen) atoms. The predicted molar refractivity (Wildman–Crippen MR) is 371 cm³/mol. The van der Waals surface area contributed by atoms with Gasteiger partial charge in [-0.1, -0.05) is 122 Å². The summed E-state index contributed by atoms with van der Waals surface area (Å²) in [6, 6.07) is 0. The molecule has 12 nitrogen and oxygen atoms in total. The zero-order chi connectivity index (χ0) is 69.5. The average Bonchev–Trinajstić information content (AvgIpc) is 1.55. The van der Waals surface area contributed by atoms with Gasteiger partial charge in [-0.05, 0) is 241 Å². The summed E-state index contributed by atoms with van der Waals surface area (Å²) in [5.41, 5.74) is 1.72. The molecule has 19 atom stereocenters. The lowest BCUT2D eigenvalue weighted by Crippen LogP contribution is -2.56. The third-order valence-corrected chi connectivity index (χ3v) is 28.5. The maximum Gasteiger partial charge on any atom is 0.333 e. The Kier molecular flexibility index (Phi) is 23.6. The van der Waals surface area contributed by atoms with Crippen LogP contribution in [0.15, 0.2) is 60.8 Å². The van der Waals surface area contributed by atoms with Crippen LogP contribution in [0.25, 0.3) is 0 Å². The van der Waals surface area contributed by atoms with Gasteiger partial charge in [0.2, 0.25) is 0 Å². The molecule has 19 unspecified atom stereocenters. The second-order valence-corrected chi connectivity index (χ2v) is 34.1. The van der Waals surface area contributed by atoms with Crippen LogP contribution in [0.4, 0.5) is 0 Å². The number of hydrogen-bond acceptors (Lipinski definition) is 12. The highest BCUT2D eigenvalue weighted by molar-refractivity contribution is 5.89. The van der Waals surface area contributed by atoms with Crippen molar-refractivity contribution in [3.63, 3.8) is 0 Å². The Balaban J connectivity index is 0.000000165. The van der Waals surface area contributed by atoms with Crippen LogP contribution in [0, 0.1) is 92.2 Å². The Morgan fingerprint density at radius 2 is 0.957 bits per heavy atom. The first-order valence-corrected chi connectivity index (χ1v) is 36.8. The molecule has 526 valence electrons. The first-order chi connectivity index (χ1) is 43.4. The van der Waals surface area contributed by atoms with Gasteiger partial charge in [-0.15, -0.1) is 0 Å². The largest absolute Gasteiger partial charge is 0.455 e. The number of hydrogen-bond donors (Lipinski definition) is 0. The molecule has 11 saturated carbocycles. The molecule has 0 aromatic heterocycles. The van der Waals surface area contributed by atoms with Crippen LogP contribution >= 0.6 is 0 Å². The molecular formula is C81H130O12. The molecule has 11 aliphatic carbocycles. The summed E-state index contributed by atoms with van der Waals surface area (Å²) in [5.74, 6) is 6.55. The van der Waals surface area contributed by atoms with Crippen LogP contribution in [0.1, 0.15) is 272 Å². The Labute approximate surface area is 564 Å². The number of fused-ring (bicyclic) bond motifs is 10. The van der Waals surface area contributed by atoms with Crippen molar-refractivity contribution in [2.45, 2.75) is 300 Å². The first-order valence-electron chi connectivity index (χ1n) is 36.8. The van der Waals surface area contributed by atoms with Crippen LogP contribution in [0.3, 0.4) is 0 Å². The van der Waals surface area contributed by atoms with E-state index in [4.69, 9.17) is 33.2 Å². The minimum atomic E-state index is -0.331. The monoisotopic (exact) mass is 1290 g/mol. The van der Waals surface area contributed by atoms with E-state index in [9.17, 15) is 24.0 Å². The molecule has 0 saturated heterocycles. The number of carbonyl (C=O) groups is 5. The number of esters is 5. The van der Waals surface area contributed by atoms with Gasteiger partial charge in [0.1, 0.15) is 28.0 Å². The van der Waals surface area contributed by atoms with Crippen molar-refractivity contribution in [1.29, 1.82) is 0 Å². The Bertz CT molecular complexity index is 2800. The highest BCUT2D eigenvalue weighted by atomic mass is 16.6. The van der Waals surface area contributed by atoms with E-state index in [-0.39, 0.29) is 84.9 Å². The van der Waals surface area contributed by atoms with Crippen molar-refractivity contribution in [1.82, 2.24) is 0 Å². The molecule has 0 aliphatic heterocycles. The van der Waals surface area contributed by atoms with E-state index in [2.05, 4.69) is 116 Å². The fraction of sp³-hybridized carbons (Fsp3) is 0.815. The van der Waals surface area contributed by atoms with Crippen molar-refractivity contribution in [3.8, 4) is 0 Å². The van der Waals surface area contributed by atoms with Crippen molar-refractivity contribution in [2.24, 2.45) is 92.2 Å². The number of carbonyl (C=O) groups excluding carboxylic acids is 5. The minimum absolute atomic E-state index is 0.0340. The molecule has 11 aliphatic rings. The average molecular weight is 1300 g/mol. The summed E-state index contributed by atoms with van der Waals surface area (Å²) in [6.07, 6.45) is 27.5. The maximum atomic E-state index is 12.2. The van der Waals surface area contributed by atoms with Crippen LogP contribution in [-0.4, -0.2) is 85.3 Å². The van der Waals surface area contributed by atoms with E-state index in [1.54, 1.807) is 48.8 Å². The molecule has 0 radical (unpaired) electrons. The highest BCUT2D eigenvalue weighted by Gasteiger charge is 2.72. The number of rotatable bonds is 20. The van der Waals surface area contributed by atoms with Gasteiger partial charge in [0.15, 0.2) is 0 Å². The molecule has 11 fully saturated rings. The summed E-state index contributed by atoms with van der Waals surface area (Å²) in [7, 11) is 3.49. The lowest BCUT2D eigenvalue weighted by atomic mass is 9.59. The summed E-state index contributed by atoms with van der Waals surface area (Å²) in [4.78, 5) is 60.0. The highest BCUT2D eigenvalue weighted by Crippen LogP contribution is 2.73. The molecule has 0 aromatic carbocycles. The van der Waals surface area contributed by atoms with Gasteiger partial charge in [-0.2, -0.15) is 0 Å². The van der Waals surface area contributed by atoms with Gasteiger partial charge < -0.3 is 33.2 Å². The lowest BCUT2D eigenvalue weighted by molar-refractivity contribution is -0.196. The minimum Gasteiger partial charge on any atom is -0.455 e. The molecule has 0 aromatic rings. The van der Waals surface area contributed by atoms with Crippen LogP contribution in [-0.2, 0) is 57.1 Å². The third kappa shape index (κ3) is 13.7. The van der Waals surface area contributed by atoms with Gasteiger partial charge >= 0.3 is 29.8 Å². The summed E-state index contributed by atoms with van der Waals surface area (Å²) < 4.78 is 40.5. The van der Waals surface area contributed by atoms with Crippen LogP contribution < -0.4 is 0 Å². The van der Waals surface area contributed by atoms with Crippen molar-refractivity contribution in [3.05, 3.63) is 60.8 Å². The fourth-order valence-corrected chi connectivity index (χ4v) is 22.9. The molecule has 0 amide bonds. The Morgan fingerprint density at radius 3 is 1.39 bits per heavy atom. The third-order valence-electron chi connectivity index (χ3n) is 28.5. The molecule has 0 spiro atoms. The van der Waals surface area contributed by atoms with E-state index >= 15 is 0 Å². The SMILES string of the molecule is C=C(C)C(=O)OC1(CC)C2(C)CCC(C2)C1(C)C.C=C(C)C(=O)OC1(CC)CC(C)CC1C1CC2CCC1C2.C=C(C)C(=O)OC1(CC)CC2CCC1(C)C2(C)C.C=C(C)C(=O)OC1(CC)CC2CCC1(COC)C2.C=C(C)C(=O)OC1(CC)CC2CCC1C2COC. The maximum absolute atomic E-state index is 12.2. The van der Waals surface area contributed by atoms with Gasteiger partial charge in [0.05, 0.1) is 6.61 Å². The second kappa shape index (κ2) is 28.8. The van der Waals surface area contributed by atoms with Crippen LogP contribution in [0.5, 0.6) is 0 Å². The van der Waals surface area contributed by atoms with Crippen molar-refractivity contribution < 1.29 is 57.1 Å². The van der Waals surface area contributed by atoms with E-state index in [1.165, 1.54) is 77.0 Å². The topological polar surface area (TPSA) is 150 Å².